The Kier molecular flexibility index (Phi) is 5.84. The number of hydrogen-bond donors (Lipinski definition) is 0. The van der Waals surface area contributed by atoms with E-state index in [1.54, 1.807) is 16.5 Å². The van der Waals surface area contributed by atoms with Gasteiger partial charge in [0.25, 0.3) is 5.91 Å². The molecule has 2 aromatic carbocycles. The van der Waals surface area contributed by atoms with Gasteiger partial charge in [-0.05, 0) is 49.5 Å². The Hall–Kier alpha value is -2.42. The Balaban J connectivity index is 1.70. The number of aromatic nitrogens is 2. The molecule has 0 aliphatic heterocycles. The molecule has 2 heterocycles. The van der Waals surface area contributed by atoms with Crippen LogP contribution in [0, 0.1) is 5.82 Å². The van der Waals surface area contributed by atoms with Crippen molar-refractivity contribution in [2.24, 2.45) is 0 Å². The quantitative estimate of drug-likeness (QED) is 0.414. The molecule has 0 atom stereocenters. The largest absolute Gasteiger partial charge is 0.302 e. The van der Waals surface area contributed by atoms with Gasteiger partial charge in [0.2, 0.25) is 0 Å². The maximum atomic E-state index is 13.6. The molecule has 0 N–H and O–H groups in total. The van der Waals surface area contributed by atoms with E-state index >= 15 is 0 Å². The lowest BCUT2D eigenvalue weighted by molar-refractivity contribution is 0.0984. The van der Waals surface area contributed by atoms with Gasteiger partial charge in [0.15, 0.2) is 5.13 Å². The maximum Gasteiger partial charge on any atom is 0.260 e. The van der Waals surface area contributed by atoms with Gasteiger partial charge < -0.3 is 4.90 Å². The van der Waals surface area contributed by atoms with Crippen molar-refractivity contribution in [2.75, 3.05) is 31.1 Å². The summed E-state index contributed by atoms with van der Waals surface area (Å²) in [6.45, 7) is 7.30. The molecular weight excluding hydrogens is 407 g/mol. The number of rotatable bonds is 7. The van der Waals surface area contributed by atoms with Crippen LogP contribution in [0.3, 0.4) is 0 Å². The summed E-state index contributed by atoms with van der Waals surface area (Å²) >= 11 is 2.85. The molecule has 0 fully saturated rings. The van der Waals surface area contributed by atoms with Crippen LogP contribution in [0.15, 0.2) is 41.9 Å². The summed E-state index contributed by atoms with van der Waals surface area (Å²) in [7, 11) is 0. The first-order valence-electron chi connectivity index (χ1n) is 9.52. The van der Waals surface area contributed by atoms with Crippen molar-refractivity contribution in [3.05, 3.63) is 53.3 Å². The summed E-state index contributed by atoms with van der Waals surface area (Å²) in [4.78, 5) is 26.3. The molecule has 0 saturated carbocycles. The molecule has 0 spiro atoms. The number of anilines is 1. The van der Waals surface area contributed by atoms with E-state index in [1.807, 2.05) is 18.2 Å². The fourth-order valence-electron chi connectivity index (χ4n) is 3.21. The molecule has 0 aliphatic rings. The summed E-state index contributed by atoms with van der Waals surface area (Å²) in [6.07, 6.45) is 0. The number of fused-ring (bicyclic) bond motifs is 2. The van der Waals surface area contributed by atoms with Gasteiger partial charge in [-0.1, -0.05) is 25.2 Å². The van der Waals surface area contributed by atoms with Crippen LogP contribution in [0.5, 0.6) is 0 Å². The number of amides is 1. The predicted octanol–water partition coefficient (Wildman–Crippen LogP) is 5.03. The van der Waals surface area contributed by atoms with Gasteiger partial charge in [-0.25, -0.2) is 14.4 Å². The van der Waals surface area contributed by atoms with Crippen molar-refractivity contribution < 1.29 is 9.18 Å². The van der Waals surface area contributed by atoms with Crippen LogP contribution in [0.4, 0.5) is 9.52 Å². The van der Waals surface area contributed by atoms with E-state index in [1.165, 1.54) is 34.8 Å². The molecule has 4 rings (SSSR count). The lowest BCUT2D eigenvalue weighted by Gasteiger charge is -2.24. The third-order valence-electron chi connectivity index (χ3n) is 4.93. The number of hydrogen-bond acceptors (Lipinski definition) is 6. The van der Waals surface area contributed by atoms with Crippen LogP contribution < -0.4 is 4.90 Å². The van der Waals surface area contributed by atoms with E-state index < -0.39 is 0 Å². The lowest BCUT2D eigenvalue weighted by Crippen LogP contribution is -2.38. The first kappa shape index (κ1) is 19.9. The van der Waals surface area contributed by atoms with Gasteiger partial charge in [0.05, 0.1) is 25.9 Å². The van der Waals surface area contributed by atoms with Crippen LogP contribution in [0.2, 0.25) is 0 Å². The third kappa shape index (κ3) is 4.14. The van der Waals surface area contributed by atoms with Crippen molar-refractivity contribution in [1.82, 2.24) is 14.9 Å². The highest BCUT2D eigenvalue weighted by atomic mass is 32.1. The molecule has 4 aromatic rings. The fourth-order valence-corrected chi connectivity index (χ4v) is 4.94. The van der Waals surface area contributed by atoms with Gasteiger partial charge >= 0.3 is 0 Å². The second kappa shape index (κ2) is 8.52. The molecule has 29 heavy (non-hydrogen) atoms. The molecule has 0 unspecified atom stereocenters. The Labute approximate surface area is 176 Å². The number of likely N-dealkylation sites (N-methyl/N-ethyl adjacent to an activating group) is 1. The number of carbonyl (C=O) groups excluding carboxylic acids is 1. The Morgan fingerprint density at radius 2 is 1.83 bits per heavy atom. The summed E-state index contributed by atoms with van der Waals surface area (Å²) in [5, 5.41) is 0.590. The van der Waals surface area contributed by atoms with Crippen LogP contribution in [-0.2, 0) is 0 Å². The number of thiazole rings is 2. The van der Waals surface area contributed by atoms with Crippen LogP contribution >= 0.6 is 22.7 Å². The highest BCUT2D eigenvalue weighted by Gasteiger charge is 2.22. The zero-order valence-corrected chi connectivity index (χ0v) is 17.9. The minimum absolute atomic E-state index is 0.105. The lowest BCUT2D eigenvalue weighted by atomic mass is 10.2. The molecule has 1 amide bonds. The Bertz CT molecular complexity index is 1150. The van der Waals surface area contributed by atoms with Crippen molar-refractivity contribution in [2.45, 2.75) is 13.8 Å². The highest BCUT2D eigenvalue weighted by Crippen LogP contribution is 2.31. The molecule has 2 aromatic heterocycles. The van der Waals surface area contributed by atoms with Gasteiger partial charge in [0, 0.05) is 18.7 Å². The summed E-state index contributed by atoms with van der Waals surface area (Å²) < 4.78 is 15.3. The monoisotopic (exact) mass is 428 g/mol. The number of nitrogens with zero attached hydrogens (tertiary/aromatic N) is 4. The summed E-state index contributed by atoms with van der Waals surface area (Å²) in [5.74, 6) is -0.406. The average Bonchev–Trinajstić information content (AvgIpc) is 3.36. The normalized spacial score (nSPS) is 11.6. The van der Waals surface area contributed by atoms with Crippen LogP contribution in [0.25, 0.3) is 20.4 Å². The number of benzene rings is 2. The van der Waals surface area contributed by atoms with Gasteiger partial charge in [-0.3, -0.25) is 9.69 Å². The zero-order chi connectivity index (χ0) is 20.4. The third-order valence-corrected chi connectivity index (χ3v) is 6.76. The number of halogens is 1. The summed E-state index contributed by atoms with van der Waals surface area (Å²) in [6, 6.07) is 10.1. The van der Waals surface area contributed by atoms with E-state index in [0.717, 1.165) is 34.6 Å². The highest BCUT2D eigenvalue weighted by molar-refractivity contribution is 7.22. The number of carbonyl (C=O) groups is 1. The molecular formula is C21H21FN4OS2. The van der Waals surface area contributed by atoms with E-state index in [4.69, 9.17) is 0 Å². The van der Waals surface area contributed by atoms with E-state index in [0.29, 0.717) is 22.8 Å². The molecule has 0 aliphatic carbocycles. The first-order valence-corrected chi connectivity index (χ1v) is 11.2. The summed E-state index contributed by atoms with van der Waals surface area (Å²) in [5.41, 5.74) is 3.97. The van der Waals surface area contributed by atoms with E-state index in [9.17, 15) is 9.18 Å². The Morgan fingerprint density at radius 1 is 1.03 bits per heavy atom. The van der Waals surface area contributed by atoms with Crippen LogP contribution in [0.1, 0.15) is 24.2 Å². The smallest absolute Gasteiger partial charge is 0.260 e. The Morgan fingerprint density at radius 3 is 2.62 bits per heavy atom. The SMILES string of the molecule is CCN(CC)CCN(C(=O)c1ccc2ncsc2c1)c1nc2ccc(F)cc2s1. The maximum absolute atomic E-state index is 13.6. The molecule has 0 saturated heterocycles. The van der Waals surface area contributed by atoms with Crippen LogP contribution in [-0.4, -0.2) is 47.0 Å². The molecule has 8 heteroatoms. The van der Waals surface area contributed by atoms with Gasteiger partial charge in [-0.2, -0.15) is 0 Å². The van der Waals surface area contributed by atoms with Crippen molar-refractivity contribution >= 4 is 54.1 Å². The fraction of sp³-hybridized carbons (Fsp3) is 0.286. The minimum atomic E-state index is -0.302. The second-order valence-electron chi connectivity index (χ2n) is 6.63. The van der Waals surface area contributed by atoms with E-state index in [-0.39, 0.29) is 11.7 Å². The molecule has 0 bridgehead atoms. The van der Waals surface area contributed by atoms with Crippen molar-refractivity contribution in [1.29, 1.82) is 0 Å². The molecule has 0 radical (unpaired) electrons. The van der Waals surface area contributed by atoms with Gasteiger partial charge in [0.1, 0.15) is 5.82 Å². The predicted molar refractivity (Wildman–Crippen MR) is 119 cm³/mol. The van der Waals surface area contributed by atoms with Crippen molar-refractivity contribution in [3.8, 4) is 0 Å². The molecule has 5 nitrogen and oxygen atoms in total. The first-order chi connectivity index (χ1) is 14.1. The minimum Gasteiger partial charge on any atom is -0.302 e. The zero-order valence-electron chi connectivity index (χ0n) is 16.3. The topological polar surface area (TPSA) is 49.3 Å². The second-order valence-corrected chi connectivity index (χ2v) is 8.52. The van der Waals surface area contributed by atoms with Gasteiger partial charge in [-0.15, -0.1) is 11.3 Å². The average molecular weight is 429 g/mol. The van der Waals surface area contributed by atoms with E-state index in [2.05, 4.69) is 28.7 Å². The van der Waals surface area contributed by atoms with Crippen molar-refractivity contribution in [3.63, 3.8) is 0 Å². The standard InChI is InChI=1S/C21H21FN4OS2/c1-3-25(4-2)9-10-26(21-24-17-8-6-15(22)12-19(17)29-21)20(27)14-5-7-16-18(11-14)28-13-23-16/h5-8,11-13H,3-4,9-10H2,1-2H3. The molecule has 150 valence electrons.